The van der Waals surface area contributed by atoms with Gasteiger partial charge in [-0.2, -0.15) is 0 Å². The van der Waals surface area contributed by atoms with Crippen LogP contribution in [0.3, 0.4) is 0 Å². The fraction of sp³-hybridized carbons (Fsp3) is 0.167. The largest absolute Gasteiger partial charge is 0.484 e. The van der Waals surface area contributed by atoms with E-state index in [1.807, 2.05) is 13.0 Å². The van der Waals surface area contributed by atoms with Gasteiger partial charge in [-0.1, -0.05) is 18.2 Å². The highest BCUT2D eigenvalue weighted by Gasteiger charge is 2.10. The van der Waals surface area contributed by atoms with Gasteiger partial charge in [0.15, 0.2) is 18.3 Å². The highest BCUT2D eigenvalue weighted by atomic mass is 32.1. The predicted octanol–water partition coefficient (Wildman–Crippen LogP) is 1.38. The Balaban J connectivity index is 1.67. The van der Waals surface area contributed by atoms with Crippen LogP contribution in [0.15, 0.2) is 48.5 Å². The molecule has 0 spiro atoms. The number of nitrogens with one attached hydrogen (secondary N) is 3. The summed E-state index contributed by atoms with van der Waals surface area (Å²) in [6.45, 7) is 1.23. The first-order chi connectivity index (χ1) is 13.8. The summed E-state index contributed by atoms with van der Waals surface area (Å²) in [5, 5.41) is 12.9. The van der Waals surface area contributed by atoms with Crippen molar-refractivity contribution in [1.82, 2.24) is 16.2 Å². The van der Waals surface area contributed by atoms with E-state index in [-0.39, 0.29) is 23.2 Å². The number of hydrogen-bond acceptors (Lipinski definition) is 7. The molecule has 0 radical (unpaired) electrons. The van der Waals surface area contributed by atoms with E-state index in [0.29, 0.717) is 5.75 Å². The van der Waals surface area contributed by atoms with E-state index in [0.717, 1.165) is 5.56 Å². The minimum absolute atomic E-state index is 0.133. The molecule has 0 aliphatic heterocycles. The van der Waals surface area contributed by atoms with Crippen LogP contribution in [0.25, 0.3) is 0 Å². The van der Waals surface area contributed by atoms with Gasteiger partial charge in [0.2, 0.25) is 0 Å². The molecule has 29 heavy (non-hydrogen) atoms. The molecule has 3 N–H and O–H groups in total. The Hall–Kier alpha value is -3.73. The second-order valence-corrected chi connectivity index (χ2v) is 6.11. The zero-order valence-electron chi connectivity index (χ0n) is 15.3. The van der Waals surface area contributed by atoms with E-state index in [2.05, 4.69) is 16.2 Å². The standard InChI is InChI=1S/C18H18N4O6S/c1-12-4-2-6-14(8-12)27-10-16(23)19-18(29)21-20-17(24)11-28-15-7-3-5-13(9-15)22(25)26/h2-9H,10-11H2,1H3,(H,20,24)(H2,19,21,23,29). The van der Waals surface area contributed by atoms with Crippen LogP contribution < -0.4 is 25.6 Å². The number of rotatable bonds is 7. The average Bonchev–Trinajstić information content (AvgIpc) is 2.69. The normalized spacial score (nSPS) is 9.83. The third kappa shape index (κ3) is 7.81. The Morgan fingerprint density at radius 1 is 1.00 bits per heavy atom. The molecule has 2 rings (SSSR count). The highest BCUT2D eigenvalue weighted by Crippen LogP contribution is 2.18. The van der Waals surface area contributed by atoms with Gasteiger partial charge in [0, 0.05) is 6.07 Å². The Bertz CT molecular complexity index is 921. The zero-order valence-corrected chi connectivity index (χ0v) is 16.2. The second kappa shape index (κ2) is 10.6. The van der Waals surface area contributed by atoms with Gasteiger partial charge in [0.25, 0.3) is 17.5 Å². The maximum absolute atomic E-state index is 11.8. The lowest BCUT2D eigenvalue weighted by Gasteiger charge is -2.12. The summed E-state index contributed by atoms with van der Waals surface area (Å²) in [4.78, 5) is 33.7. The SMILES string of the molecule is Cc1cccc(OCC(=O)NC(=S)NNC(=O)COc2cccc([N+](=O)[O-])c2)c1. The molecular weight excluding hydrogens is 400 g/mol. The Labute approximate surface area is 171 Å². The number of non-ortho nitro benzene ring substituents is 1. The number of carbonyl (C=O) groups excluding carboxylic acids is 2. The van der Waals surface area contributed by atoms with E-state index < -0.39 is 23.3 Å². The molecular formula is C18H18N4O6S. The summed E-state index contributed by atoms with van der Waals surface area (Å²) in [6, 6.07) is 12.6. The number of carbonyl (C=O) groups is 2. The van der Waals surface area contributed by atoms with Gasteiger partial charge in [-0.05, 0) is 42.9 Å². The van der Waals surface area contributed by atoms with Gasteiger partial charge < -0.3 is 9.47 Å². The lowest BCUT2D eigenvalue weighted by Crippen LogP contribution is -2.50. The van der Waals surface area contributed by atoms with Crippen molar-refractivity contribution in [1.29, 1.82) is 0 Å². The van der Waals surface area contributed by atoms with Crippen LogP contribution in [0.4, 0.5) is 5.69 Å². The smallest absolute Gasteiger partial charge is 0.276 e. The number of amides is 2. The number of thiocarbonyl (C=S) groups is 1. The third-order valence-electron chi connectivity index (χ3n) is 3.33. The number of nitrogens with zero attached hydrogens (tertiary/aromatic N) is 1. The van der Waals surface area contributed by atoms with Crippen molar-refractivity contribution in [3.8, 4) is 11.5 Å². The fourth-order valence-corrected chi connectivity index (χ4v) is 2.21. The monoisotopic (exact) mass is 418 g/mol. The number of hydrogen-bond donors (Lipinski definition) is 3. The summed E-state index contributed by atoms with van der Waals surface area (Å²) in [6.07, 6.45) is 0. The summed E-state index contributed by atoms with van der Waals surface area (Å²) < 4.78 is 10.5. The molecule has 11 heteroatoms. The molecule has 0 unspecified atom stereocenters. The van der Waals surface area contributed by atoms with Crippen LogP contribution in [0, 0.1) is 17.0 Å². The second-order valence-electron chi connectivity index (χ2n) is 5.70. The quantitative estimate of drug-likeness (QED) is 0.349. The maximum Gasteiger partial charge on any atom is 0.276 e. The van der Waals surface area contributed by atoms with Crippen molar-refractivity contribution in [3.05, 3.63) is 64.2 Å². The lowest BCUT2D eigenvalue weighted by molar-refractivity contribution is -0.384. The molecule has 0 aliphatic carbocycles. The maximum atomic E-state index is 11.8. The average molecular weight is 418 g/mol. The third-order valence-corrected chi connectivity index (χ3v) is 3.53. The molecule has 2 amide bonds. The molecule has 0 aliphatic rings. The molecule has 10 nitrogen and oxygen atoms in total. The number of benzene rings is 2. The van der Waals surface area contributed by atoms with Gasteiger partial charge in [0.05, 0.1) is 11.0 Å². The van der Waals surface area contributed by atoms with Gasteiger partial charge in [-0.3, -0.25) is 35.9 Å². The van der Waals surface area contributed by atoms with Crippen LogP contribution in [0.1, 0.15) is 5.56 Å². The van der Waals surface area contributed by atoms with Crippen LogP contribution in [-0.2, 0) is 9.59 Å². The molecule has 0 saturated carbocycles. The lowest BCUT2D eigenvalue weighted by atomic mass is 10.2. The molecule has 0 atom stereocenters. The van der Waals surface area contributed by atoms with Crippen LogP contribution in [0.5, 0.6) is 11.5 Å². The predicted molar refractivity (Wildman–Crippen MR) is 107 cm³/mol. The first-order valence-electron chi connectivity index (χ1n) is 8.29. The van der Waals surface area contributed by atoms with Gasteiger partial charge >= 0.3 is 0 Å². The Morgan fingerprint density at radius 2 is 1.62 bits per heavy atom. The zero-order chi connectivity index (χ0) is 21.2. The molecule has 0 fully saturated rings. The van der Waals surface area contributed by atoms with E-state index in [4.69, 9.17) is 21.7 Å². The number of nitro benzene ring substituents is 1. The Kier molecular flexibility index (Phi) is 7.86. The van der Waals surface area contributed by atoms with Crippen molar-refractivity contribution in [2.75, 3.05) is 13.2 Å². The van der Waals surface area contributed by atoms with Crippen LogP contribution in [0.2, 0.25) is 0 Å². The van der Waals surface area contributed by atoms with Crippen molar-refractivity contribution >= 4 is 34.8 Å². The van der Waals surface area contributed by atoms with Gasteiger partial charge in [-0.25, -0.2) is 0 Å². The summed E-state index contributed by atoms with van der Waals surface area (Å²) >= 11 is 4.89. The number of aryl methyl sites for hydroxylation is 1. The van der Waals surface area contributed by atoms with Crippen molar-refractivity contribution < 1.29 is 24.0 Å². The molecule has 152 valence electrons. The summed E-state index contributed by atoms with van der Waals surface area (Å²) in [7, 11) is 0. The minimum Gasteiger partial charge on any atom is -0.484 e. The first-order valence-corrected chi connectivity index (χ1v) is 8.69. The summed E-state index contributed by atoms with van der Waals surface area (Å²) in [5.74, 6) is -0.403. The summed E-state index contributed by atoms with van der Waals surface area (Å²) in [5.41, 5.74) is 5.42. The first kappa shape index (κ1) is 21.6. The highest BCUT2D eigenvalue weighted by molar-refractivity contribution is 7.80. The fourth-order valence-electron chi connectivity index (χ4n) is 2.05. The minimum atomic E-state index is -0.607. The van der Waals surface area contributed by atoms with E-state index in [1.54, 1.807) is 18.2 Å². The van der Waals surface area contributed by atoms with Crippen molar-refractivity contribution in [2.24, 2.45) is 0 Å². The number of hydrazine groups is 1. The van der Waals surface area contributed by atoms with Crippen molar-refractivity contribution in [3.63, 3.8) is 0 Å². The topological polar surface area (TPSA) is 132 Å². The number of ether oxygens (including phenoxy) is 2. The van der Waals surface area contributed by atoms with Gasteiger partial charge in [-0.15, -0.1) is 0 Å². The van der Waals surface area contributed by atoms with E-state index in [1.165, 1.54) is 24.3 Å². The number of nitro groups is 1. The van der Waals surface area contributed by atoms with E-state index in [9.17, 15) is 19.7 Å². The molecule has 2 aromatic carbocycles. The van der Waals surface area contributed by atoms with Crippen LogP contribution in [-0.4, -0.2) is 35.1 Å². The Morgan fingerprint density at radius 3 is 2.28 bits per heavy atom. The molecule has 0 saturated heterocycles. The molecule has 0 aromatic heterocycles. The molecule has 2 aromatic rings. The van der Waals surface area contributed by atoms with Crippen molar-refractivity contribution in [2.45, 2.75) is 6.92 Å². The van der Waals surface area contributed by atoms with E-state index >= 15 is 0 Å². The van der Waals surface area contributed by atoms with Gasteiger partial charge in [0.1, 0.15) is 11.5 Å². The molecule has 0 bridgehead atoms. The van der Waals surface area contributed by atoms with Crippen LogP contribution >= 0.6 is 12.2 Å². The molecule has 0 heterocycles.